The van der Waals surface area contributed by atoms with E-state index in [1.54, 1.807) is 25.1 Å². The SMILES string of the molecule is CN(C)S(=O)[O-].Cc1ccccc1[N+](=O)[O-]. The molecule has 1 aromatic carbocycles. The van der Waals surface area contributed by atoms with Gasteiger partial charge < -0.3 is 4.55 Å². The van der Waals surface area contributed by atoms with Crippen LogP contribution >= 0.6 is 0 Å². The first kappa shape index (κ1) is 14.7. The van der Waals surface area contributed by atoms with E-state index in [-0.39, 0.29) is 10.6 Å². The van der Waals surface area contributed by atoms with Gasteiger partial charge in [-0.3, -0.25) is 14.3 Å². The average Bonchev–Trinajstić information content (AvgIpc) is 2.18. The number of nitro groups is 1. The molecule has 90 valence electrons. The van der Waals surface area contributed by atoms with E-state index in [9.17, 15) is 18.9 Å². The van der Waals surface area contributed by atoms with Gasteiger partial charge in [0.1, 0.15) is 0 Å². The Morgan fingerprint density at radius 2 is 1.75 bits per heavy atom. The number of aryl methyl sites for hydroxylation is 1. The topological polar surface area (TPSA) is 86.5 Å². The summed E-state index contributed by atoms with van der Waals surface area (Å²) in [6.45, 7) is 1.72. The summed E-state index contributed by atoms with van der Waals surface area (Å²) in [6, 6.07) is 6.65. The second-order valence-electron chi connectivity index (χ2n) is 3.07. The molecule has 0 bridgehead atoms. The molecule has 0 aliphatic rings. The Bertz CT molecular complexity index is 382. The summed E-state index contributed by atoms with van der Waals surface area (Å²) in [7, 11) is 2.92. The van der Waals surface area contributed by atoms with Crippen LogP contribution in [0, 0.1) is 17.0 Å². The Labute approximate surface area is 96.5 Å². The van der Waals surface area contributed by atoms with Crippen molar-refractivity contribution >= 4 is 17.0 Å². The van der Waals surface area contributed by atoms with Crippen molar-refractivity contribution in [3.05, 3.63) is 39.9 Å². The highest BCUT2D eigenvalue weighted by Gasteiger charge is 2.05. The molecule has 7 heteroatoms. The highest BCUT2D eigenvalue weighted by atomic mass is 32.2. The third kappa shape index (κ3) is 5.54. The molecule has 0 aliphatic carbocycles. The number of hydrogen-bond donors (Lipinski definition) is 0. The second kappa shape index (κ2) is 7.04. The standard InChI is InChI=1S/C7H7NO2.C2H7NO2S/c1-6-4-2-3-5-7(6)8(9)10;1-3(2)6(4)5/h2-5H,1H3;1-2H3,(H,4,5)/p-1. The van der Waals surface area contributed by atoms with Crippen LogP contribution in [0.1, 0.15) is 5.56 Å². The summed E-state index contributed by atoms with van der Waals surface area (Å²) in [6.07, 6.45) is 0. The van der Waals surface area contributed by atoms with E-state index in [4.69, 9.17) is 0 Å². The number of benzene rings is 1. The molecule has 1 atom stereocenters. The maximum atomic E-state index is 10.2. The van der Waals surface area contributed by atoms with Crippen LogP contribution in [-0.2, 0) is 11.3 Å². The molecule has 0 aliphatic heterocycles. The maximum Gasteiger partial charge on any atom is 0.272 e. The van der Waals surface area contributed by atoms with Gasteiger partial charge in [0.15, 0.2) is 0 Å². The van der Waals surface area contributed by atoms with Gasteiger partial charge in [0.2, 0.25) is 0 Å². The van der Waals surface area contributed by atoms with Crippen molar-refractivity contribution in [1.29, 1.82) is 0 Å². The summed E-state index contributed by atoms with van der Waals surface area (Å²) in [5.74, 6) is 0. The first-order valence-electron chi connectivity index (χ1n) is 4.33. The quantitative estimate of drug-likeness (QED) is 0.445. The Morgan fingerprint density at radius 3 is 2.00 bits per heavy atom. The fourth-order valence-electron chi connectivity index (χ4n) is 0.768. The van der Waals surface area contributed by atoms with Crippen molar-refractivity contribution in [2.45, 2.75) is 6.92 Å². The van der Waals surface area contributed by atoms with Crippen LogP contribution in [0.3, 0.4) is 0 Å². The zero-order chi connectivity index (χ0) is 12.7. The van der Waals surface area contributed by atoms with Gasteiger partial charge >= 0.3 is 0 Å². The number of rotatable bonds is 2. The minimum Gasteiger partial charge on any atom is -0.760 e. The number of hydrogen-bond acceptors (Lipinski definition) is 4. The minimum absolute atomic E-state index is 0.183. The van der Waals surface area contributed by atoms with Crippen molar-refractivity contribution in [1.82, 2.24) is 4.31 Å². The molecular weight excluding hydrogens is 232 g/mol. The predicted molar refractivity (Wildman–Crippen MR) is 60.4 cm³/mol. The van der Waals surface area contributed by atoms with Crippen LogP contribution in [0.15, 0.2) is 24.3 Å². The predicted octanol–water partition coefficient (Wildman–Crippen LogP) is 1.25. The normalized spacial score (nSPS) is 11.6. The highest BCUT2D eigenvalue weighted by molar-refractivity contribution is 7.76. The first-order chi connectivity index (χ1) is 7.36. The van der Waals surface area contributed by atoms with Gasteiger partial charge in [-0.05, 0) is 21.0 Å². The molecular formula is C9H13N2O4S-. The average molecular weight is 245 g/mol. The van der Waals surface area contributed by atoms with E-state index in [0.717, 1.165) is 4.31 Å². The van der Waals surface area contributed by atoms with Crippen LogP contribution in [0.25, 0.3) is 0 Å². The fourth-order valence-corrected chi connectivity index (χ4v) is 0.768. The monoisotopic (exact) mass is 245 g/mol. The summed E-state index contributed by atoms with van der Waals surface area (Å²) < 4.78 is 20.3. The van der Waals surface area contributed by atoms with E-state index in [1.165, 1.54) is 20.2 Å². The second-order valence-corrected chi connectivity index (χ2v) is 4.24. The van der Waals surface area contributed by atoms with E-state index in [1.807, 2.05) is 0 Å². The van der Waals surface area contributed by atoms with Gasteiger partial charge in [0.25, 0.3) is 5.69 Å². The molecule has 0 saturated carbocycles. The van der Waals surface area contributed by atoms with Crippen molar-refractivity contribution in [2.75, 3.05) is 14.1 Å². The van der Waals surface area contributed by atoms with E-state index in [2.05, 4.69) is 0 Å². The zero-order valence-electron chi connectivity index (χ0n) is 9.25. The summed E-state index contributed by atoms with van der Waals surface area (Å²) in [4.78, 5) is 9.85. The minimum atomic E-state index is -2.03. The lowest BCUT2D eigenvalue weighted by Crippen LogP contribution is -2.13. The van der Waals surface area contributed by atoms with Crippen molar-refractivity contribution in [3.8, 4) is 0 Å². The maximum absolute atomic E-state index is 10.2. The largest absolute Gasteiger partial charge is 0.760 e. The van der Waals surface area contributed by atoms with Gasteiger partial charge in [-0.1, -0.05) is 18.2 Å². The summed E-state index contributed by atoms with van der Waals surface area (Å²) in [5, 5.41) is 10.2. The van der Waals surface area contributed by atoms with Gasteiger partial charge in [-0.25, -0.2) is 4.31 Å². The molecule has 0 aromatic heterocycles. The third-order valence-electron chi connectivity index (χ3n) is 1.61. The molecule has 0 saturated heterocycles. The molecule has 1 aromatic rings. The van der Waals surface area contributed by atoms with E-state index >= 15 is 0 Å². The third-order valence-corrected chi connectivity index (χ3v) is 2.21. The van der Waals surface area contributed by atoms with Gasteiger partial charge in [-0.15, -0.1) is 0 Å². The number of nitro benzene ring substituents is 1. The van der Waals surface area contributed by atoms with E-state index in [0.29, 0.717) is 5.56 Å². The Morgan fingerprint density at radius 1 is 1.31 bits per heavy atom. The molecule has 0 fully saturated rings. The molecule has 16 heavy (non-hydrogen) atoms. The molecule has 0 spiro atoms. The van der Waals surface area contributed by atoms with Crippen LogP contribution < -0.4 is 0 Å². The van der Waals surface area contributed by atoms with Crippen LogP contribution in [0.4, 0.5) is 5.69 Å². The molecule has 1 rings (SSSR count). The number of nitrogens with zero attached hydrogens (tertiary/aromatic N) is 2. The molecule has 0 radical (unpaired) electrons. The van der Waals surface area contributed by atoms with Crippen molar-refractivity contribution < 1.29 is 13.7 Å². The first-order valence-corrected chi connectivity index (χ1v) is 5.36. The number of para-hydroxylation sites is 1. The summed E-state index contributed by atoms with van der Waals surface area (Å²) in [5.41, 5.74) is 0.884. The van der Waals surface area contributed by atoms with Crippen LogP contribution in [0.5, 0.6) is 0 Å². The van der Waals surface area contributed by atoms with Crippen LogP contribution in [0.2, 0.25) is 0 Å². The van der Waals surface area contributed by atoms with Gasteiger partial charge in [0.05, 0.1) is 4.92 Å². The van der Waals surface area contributed by atoms with Gasteiger partial charge in [0, 0.05) is 22.9 Å². The summed E-state index contributed by atoms with van der Waals surface area (Å²) >= 11 is -2.03. The van der Waals surface area contributed by atoms with Crippen LogP contribution in [-0.4, -0.2) is 32.1 Å². The van der Waals surface area contributed by atoms with Crippen molar-refractivity contribution in [3.63, 3.8) is 0 Å². The zero-order valence-corrected chi connectivity index (χ0v) is 10.1. The molecule has 0 amide bonds. The smallest absolute Gasteiger partial charge is 0.272 e. The Kier molecular flexibility index (Phi) is 6.47. The Balaban J connectivity index is 0.000000325. The molecule has 6 nitrogen and oxygen atoms in total. The molecule has 1 unspecified atom stereocenters. The molecule has 0 heterocycles. The van der Waals surface area contributed by atoms with Gasteiger partial charge in [-0.2, -0.15) is 0 Å². The molecule has 0 N–H and O–H groups in total. The fraction of sp³-hybridized carbons (Fsp3) is 0.333. The highest BCUT2D eigenvalue weighted by Crippen LogP contribution is 2.14. The lowest BCUT2D eigenvalue weighted by Gasteiger charge is -2.10. The Hall–Kier alpha value is -1.31. The lowest BCUT2D eigenvalue weighted by molar-refractivity contribution is -0.385. The van der Waals surface area contributed by atoms with Crippen molar-refractivity contribution in [2.24, 2.45) is 0 Å². The van der Waals surface area contributed by atoms with E-state index < -0.39 is 11.3 Å². The lowest BCUT2D eigenvalue weighted by atomic mass is 10.2.